The van der Waals surface area contributed by atoms with E-state index in [2.05, 4.69) is 79.8 Å². The number of aromatic nitrogens is 2. The molecule has 0 aliphatic carbocycles. The molecule has 1 saturated heterocycles. The molecule has 5 atom stereocenters. The number of ether oxygens (including phenoxy) is 1. The minimum Gasteiger partial charge on any atom is -0.349 e. The van der Waals surface area contributed by atoms with Crippen molar-refractivity contribution >= 4 is 36.0 Å². The van der Waals surface area contributed by atoms with Gasteiger partial charge in [0.05, 0.1) is 19.0 Å². The summed E-state index contributed by atoms with van der Waals surface area (Å²) in [5.74, 6) is -0.128. The minimum absolute atomic E-state index is 0.0212. The third-order valence-electron chi connectivity index (χ3n) is 6.99. The molecule has 44 heavy (non-hydrogen) atoms. The smallest absolute Gasteiger partial charge is 0.259 e. The molecule has 1 N–H and O–H groups in total. The maximum atomic E-state index is 16.1. The number of nitrogens with one attached hydrogen (secondary N) is 1. The Balaban J connectivity index is 1.44. The van der Waals surface area contributed by atoms with Crippen molar-refractivity contribution < 1.29 is 24.3 Å². The third-order valence-corrected chi connectivity index (χ3v) is 12.5. The van der Waals surface area contributed by atoms with Gasteiger partial charge in [0.25, 0.3) is 14.4 Å². The van der Waals surface area contributed by atoms with Crippen LogP contribution in [0.1, 0.15) is 55.4 Å². The highest BCUT2D eigenvalue weighted by Gasteiger charge is 2.49. The van der Waals surface area contributed by atoms with Crippen molar-refractivity contribution in [1.82, 2.24) is 24.4 Å². The van der Waals surface area contributed by atoms with Gasteiger partial charge in [-0.05, 0) is 66.5 Å². The molecule has 13 heteroatoms. The van der Waals surface area contributed by atoms with Gasteiger partial charge in [0.2, 0.25) is 0 Å². The third kappa shape index (κ3) is 9.09. The Kier molecular flexibility index (Phi) is 11.8. The van der Waals surface area contributed by atoms with Crippen LogP contribution in [0.2, 0.25) is 0 Å². The second-order valence-corrected chi connectivity index (χ2v) is 16.2. The summed E-state index contributed by atoms with van der Waals surface area (Å²) < 4.78 is 47.2. The van der Waals surface area contributed by atoms with Crippen molar-refractivity contribution in [2.45, 2.75) is 108 Å². The summed E-state index contributed by atoms with van der Waals surface area (Å²) in [5, 5.41) is 2.57. The van der Waals surface area contributed by atoms with E-state index in [0.717, 1.165) is 12.1 Å². The minimum atomic E-state index is -1.70. The van der Waals surface area contributed by atoms with Crippen LogP contribution in [0.15, 0.2) is 72.6 Å². The predicted octanol–water partition coefficient (Wildman–Crippen LogP) is 6.89. The van der Waals surface area contributed by atoms with Crippen LogP contribution in [-0.4, -0.2) is 73.1 Å². The van der Waals surface area contributed by atoms with Gasteiger partial charge < -0.3 is 28.6 Å². The molecule has 2 unspecified atom stereocenters. The van der Waals surface area contributed by atoms with E-state index in [1.165, 1.54) is 22.1 Å². The molecule has 242 valence electrons. The summed E-state index contributed by atoms with van der Waals surface area (Å²) >= 11 is 0. The average Bonchev–Trinajstić information content (AvgIpc) is 3.59. The molecular formula is C31H45FN5O4PS2. The van der Waals surface area contributed by atoms with Gasteiger partial charge in [0.1, 0.15) is 11.9 Å². The molecular weight excluding hydrogens is 620 g/mol. The number of nitrogens with zero attached hydrogens (tertiary/aromatic N) is 4. The Hall–Kier alpha value is -1.92. The molecule has 1 amide bonds. The summed E-state index contributed by atoms with van der Waals surface area (Å²) in [5.41, 5.74) is 1.16. The number of alkyl halides is 1. The molecule has 2 aliphatic heterocycles. The van der Waals surface area contributed by atoms with E-state index in [1.54, 1.807) is 17.0 Å². The number of hydrogen-bond donors (Lipinski definition) is 1. The maximum absolute atomic E-state index is 16.1. The van der Waals surface area contributed by atoms with Crippen molar-refractivity contribution in [2.24, 2.45) is 0 Å². The molecule has 0 bridgehead atoms. The van der Waals surface area contributed by atoms with Crippen molar-refractivity contribution in [3.05, 3.63) is 73.2 Å². The van der Waals surface area contributed by atoms with Gasteiger partial charge in [-0.15, -0.1) is 0 Å². The lowest BCUT2D eigenvalue weighted by atomic mass is 10.1. The first kappa shape index (κ1) is 33.4. The van der Waals surface area contributed by atoms with E-state index in [0.29, 0.717) is 13.0 Å². The Bertz CT molecular complexity index is 1300. The zero-order chi connectivity index (χ0) is 32.7. The van der Waals surface area contributed by atoms with Gasteiger partial charge in [-0.25, -0.2) is 14.0 Å². The molecule has 1 aromatic carbocycles. The van der Waals surface area contributed by atoms with Gasteiger partial charge in [-0.3, -0.25) is 4.79 Å². The normalized spacial score (nSPS) is 23.6. The van der Waals surface area contributed by atoms with Gasteiger partial charge >= 0.3 is 0 Å². The van der Waals surface area contributed by atoms with Crippen molar-refractivity contribution in [3.63, 3.8) is 0 Å². The average molecular weight is 667 g/mol. The summed E-state index contributed by atoms with van der Waals surface area (Å²) in [4.78, 5) is 18.5. The molecule has 3 heterocycles. The van der Waals surface area contributed by atoms with Crippen molar-refractivity contribution in [1.29, 1.82) is 0 Å². The summed E-state index contributed by atoms with van der Waals surface area (Å²) in [6.45, 7) is 17.5. The number of halogens is 1. The van der Waals surface area contributed by atoms with Gasteiger partial charge in [-0.1, -0.05) is 46.4 Å². The molecule has 0 radical (unpaired) electrons. The number of carbonyl (C=O) groups excluding carboxylic acids is 1. The zero-order valence-electron chi connectivity index (χ0n) is 27.3. The molecule has 1 aromatic heterocycles. The lowest BCUT2D eigenvalue weighted by molar-refractivity contribution is -0.117. The highest BCUT2D eigenvalue weighted by Crippen LogP contribution is 2.50. The Labute approximate surface area is 271 Å². The summed E-state index contributed by atoms with van der Waals surface area (Å²) in [6.07, 6.45) is 4.46. The lowest BCUT2D eigenvalue weighted by Crippen LogP contribution is -2.45. The van der Waals surface area contributed by atoms with Gasteiger partial charge in [0.15, 0.2) is 12.4 Å². The fourth-order valence-electron chi connectivity index (χ4n) is 5.03. The summed E-state index contributed by atoms with van der Waals surface area (Å²) in [7, 11) is 1.87. The van der Waals surface area contributed by atoms with E-state index in [4.69, 9.17) is 15.2 Å². The van der Waals surface area contributed by atoms with Crippen LogP contribution in [-0.2, 0) is 31.5 Å². The molecule has 4 rings (SSSR count). The van der Waals surface area contributed by atoms with Crippen LogP contribution in [0, 0.1) is 0 Å². The van der Waals surface area contributed by atoms with Gasteiger partial charge in [-0.2, -0.15) is 0 Å². The Morgan fingerprint density at radius 2 is 2.05 bits per heavy atom. The second-order valence-electron chi connectivity index (χ2n) is 11.9. The largest absolute Gasteiger partial charge is 0.349 e. The van der Waals surface area contributed by atoms with Crippen LogP contribution in [0.3, 0.4) is 0 Å². The standard InChI is InChI=1S/C31H45FN5O4PS2/c1-21(2)37(22(3)4)42(41-29-23(5)40-30(28(29)32)36-16-13-27(38)34-24(36)6)39-18-14-25-11-9-10-12-26(25)43-44-31(7,8)19-35-17-15-33-20-35/h9-13,15-17,20-23,28-30H,6,14,18-19H2,1-5,7-8H3,(H,34,38)/t23-,28+,29?,30-,42?/m1/s1/i5D. The topological polar surface area (TPSA) is 81.1 Å². The number of hydrogen-bond acceptors (Lipinski definition) is 9. The van der Waals surface area contributed by atoms with E-state index >= 15 is 4.39 Å². The monoisotopic (exact) mass is 666 g/mol. The number of amides is 1. The van der Waals surface area contributed by atoms with E-state index in [-0.39, 0.29) is 35.5 Å². The molecule has 0 saturated carbocycles. The highest BCUT2D eigenvalue weighted by molar-refractivity contribution is 8.77. The molecule has 9 nitrogen and oxygen atoms in total. The molecule has 0 spiro atoms. The second kappa shape index (κ2) is 15.6. The van der Waals surface area contributed by atoms with Crippen LogP contribution in [0.4, 0.5) is 4.39 Å². The number of benzene rings is 1. The first-order valence-corrected chi connectivity index (χ1v) is 18.0. The van der Waals surface area contributed by atoms with Crippen LogP contribution in [0.25, 0.3) is 0 Å². The molecule has 2 aliphatic rings. The maximum Gasteiger partial charge on any atom is 0.259 e. The van der Waals surface area contributed by atoms with Gasteiger partial charge in [0, 0.05) is 54.3 Å². The SMILES string of the molecule is [2H]C[C@H]1O[C@@H](N2C=CC(=O)NC2=C)[C@@H](F)C1OP(OCCc1ccccc1SSC(C)(C)Cn1ccnc1)N(C(C)C)C(C)C. The van der Waals surface area contributed by atoms with Crippen LogP contribution >= 0.6 is 30.1 Å². The quantitative estimate of drug-likeness (QED) is 0.161. The highest BCUT2D eigenvalue weighted by atomic mass is 33.1. The number of imidazole rings is 1. The van der Waals surface area contributed by atoms with E-state index in [1.807, 2.05) is 35.5 Å². The lowest BCUT2D eigenvalue weighted by Gasteiger charge is -2.37. The van der Waals surface area contributed by atoms with E-state index in [9.17, 15) is 4.79 Å². The Morgan fingerprint density at radius 1 is 1.30 bits per heavy atom. The Morgan fingerprint density at radius 3 is 2.70 bits per heavy atom. The first-order valence-electron chi connectivity index (χ1n) is 15.4. The number of carbonyl (C=O) groups is 1. The van der Waals surface area contributed by atoms with Crippen LogP contribution in [0.5, 0.6) is 0 Å². The first-order chi connectivity index (χ1) is 21.4. The molecule has 1 fully saturated rings. The molecule has 2 aromatic rings. The van der Waals surface area contributed by atoms with Crippen molar-refractivity contribution in [2.75, 3.05) is 6.61 Å². The number of rotatable bonds is 15. The van der Waals surface area contributed by atoms with E-state index < -0.39 is 33.1 Å². The predicted molar refractivity (Wildman–Crippen MR) is 177 cm³/mol. The zero-order valence-corrected chi connectivity index (χ0v) is 28.8. The fraction of sp³-hybridized carbons (Fsp3) is 0.548. The summed E-state index contributed by atoms with van der Waals surface area (Å²) in [6, 6.07) is 8.45. The van der Waals surface area contributed by atoms with Crippen LogP contribution < -0.4 is 5.32 Å². The van der Waals surface area contributed by atoms with Crippen molar-refractivity contribution in [3.8, 4) is 0 Å². The fourth-order valence-corrected chi connectivity index (χ4v) is 9.31.